The molecule has 6 nitrogen and oxygen atoms in total. The van der Waals surface area contributed by atoms with Crippen LogP contribution in [0.25, 0.3) is 0 Å². The minimum absolute atomic E-state index is 0.0662. The quantitative estimate of drug-likeness (QED) is 0.566. The lowest BCUT2D eigenvalue weighted by Gasteiger charge is -2.05. The van der Waals surface area contributed by atoms with Crippen molar-refractivity contribution in [1.82, 2.24) is 0 Å². The zero-order valence-electron chi connectivity index (χ0n) is 7.69. The van der Waals surface area contributed by atoms with Crippen LogP contribution in [-0.2, 0) is 4.79 Å². The fourth-order valence-electron chi connectivity index (χ4n) is 1.32. The zero-order valence-corrected chi connectivity index (χ0v) is 7.69. The number of carboxylic acid groups (broad SMARTS) is 1. The number of aromatic hydroxyl groups is 1. The molecule has 0 aliphatic carbocycles. The van der Waals surface area contributed by atoms with Crippen LogP contribution in [0.1, 0.15) is 10.4 Å². The van der Waals surface area contributed by atoms with Gasteiger partial charge in [0.15, 0.2) is 23.1 Å². The van der Waals surface area contributed by atoms with Gasteiger partial charge in [0.25, 0.3) is 5.78 Å². The summed E-state index contributed by atoms with van der Waals surface area (Å²) in [7, 11) is 0. The largest absolute Gasteiger partial charge is 0.505 e. The van der Waals surface area contributed by atoms with Crippen LogP contribution in [-0.4, -0.2) is 28.8 Å². The second-order valence-electron chi connectivity index (χ2n) is 2.95. The van der Waals surface area contributed by atoms with Gasteiger partial charge in [0.1, 0.15) is 5.56 Å². The lowest BCUT2D eigenvalue weighted by Crippen LogP contribution is -2.15. The Hall–Kier alpha value is -2.31. The molecular weight excluding hydrogens is 223 g/mol. The second-order valence-corrected chi connectivity index (χ2v) is 2.95. The van der Waals surface area contributed by atoms with Crippen LogP contribution in [0.3, 0.4) is 0 Å². The Labute approximate surface area is 87.8 Å². The van der Waals surface area contributed by atoms with Crippen LogP contribution in [0, 0.1) is 5.82 Å². The van der Waals surface area contributed by atoms with Crippen LogP contribution in [0.4, 0.5) is 4.39 Å². The Morgan fingerprint density at radius 1 is 1.38 bits per heavy atom. The molecule has 0 saturated carbocycles. The van der Waals surface area contributed by atoms with Gasteiger partial charge in [-0.05, 0) is 0 Å². The number of phenols is 1. The number of phenolic OH excluding ortho intramolecular Hbond substituents is 1. The van der Waals surface area contributed by atoms with Crippen molar-refractivity contribution < 1.29 is 33.7 Å². The van der Waals surface area contributed by atoms with Gasteiger partial charge in [-0.2, -0.15) is 0 Å². The average Bonchev–Trinajstić information content (AvgIpc) is 2.66. The molecule has 0 aromatic heterocycles. The number of hydrogen-bond acceptors (Lipinski definition) is 5. The fraction of sp³-hybridized carbons (Fsp3) is 0.111. The molecule has 0 atom stereocenters. The molecule has 1 aromatic rings. The zero-order chi connectivity index (χ0) is 11.9. The van der Waals surface area contributed by atoms with Gasteiger partial charge in [-0.25, -0.2) is 9.18 Å². The first kappa shape index (κ1) is 10.2. The number of carbonyl (C=O) groups excluding carboxylic acids is 1. The smallest absolute Gasteiger partial charge is 0.377 e. The number of halogens is 1. The normalized spacial score (nSPS) is 12.6. The number of aliphatic carboxylic acids is 1. The lowest BCUT2D eigenvalue weighted by atomic mass is 10.1. The van der Waals surface area contributed by atoms with E-state index in [4.69, 9.17) is 19.7 Å². The van der Waals surface area contributed by atoms with Crippen LogP contribution < -0.4 is 9.47 Å². The lowest BCUT2D eigenvalue weighted by molar-refractivity contribution is -0.131. The third kappa shape index (κ3) is 1.33. The van der Waals surface area contributed by atoms with E-state index in [0.717, 1.165) is 6.07 Å². The van der Waals surface area contributed by atoms with Gasteiger partial charge < -0.3 is 19.7 Å². The molecule has 0 spiro atoms. The van der Waals surface area contributed by atoms with Gasteiger partial charge >= 0.3 is 5.97 Å². The number of rotatable bonds is 2. The Kier molecular flexibility index (Phi) is 2.15. The summed E-state index contributed by atoms with van der Waals surface area (Å²) in [6, 6.07) is 0.913. The predicted molar refractivity (Wildman–Crippen MR) is 46.2 cm³/mol. The minimum Gasteiger partial charge on any atom is -0.505 e. The van der Waals surface area contributed by atoms with Crippen LogP contribution in [0.15, 0.2) is 6.07 Å². The number of ketones is 1. The minimum atomic E-state index is -1.85. The molecule has 0 saturated heterocycles. The number of hydrogen-bond donors (Lipinski definition) is 2. The third-order valence-electron chi connectivity index (χ3n) is 2.00. The number of ether oxygens (including phenoxy) is 2. The Bertz CT molecular complexity index is 495. The molecule has 1 heterocycles. The number of Topliss-reactive ketones (excluding diaryl/α,β-unsaturated/α-hetero) is 1. The molecular formula is C9H5FO6. The van der Waals surface area contributed by atoms with Crippen molar-refractivity contribution in [1.29, 1.82) is 0 Å². The van der Waals surface area contributed by atoms with E-state index in [2.05, 4.69) is 0 Å². The third-order valence-corrected chi connectivity index (χ3v) is 2.00. The van der Waals surface area contributed by atoms with Crippen molar-refractivity contribution in [2.75, 3.05) is 6.79 Å². The first-order valence-corrected chi connectivity index (χ1v) is 4.11. The highest BCUT2D eigenvalue weighted by molar-refractivity contribution is 6.40. The molecule has 1 aliphatic rings. The Morgan fingerprint density at radius 3 is 2.69 bits per heavy atom. The van der Waals surface area contributed by atoms with E-state index in [9.17, 15) is 14.0 Å². The standard InChI is InChI=1S/C9H5FO6/c10-6-3(11)1-4-8(16-2-15-4)5(6)7(12)9(13)14/h1,11H,2H2,(H,13,14). The van der Waals surface area contributed by atoms with Crippen molar-refractivity contribution in [2.45, 2.75) is 0 Å². The van der Waals surface area contributed by atoms with Gasteiger partial charge in [0.05, 0.1) is 0 Å². The average molecular weight is 228 g/mol. The van der Waals surface area contributed by atoms with E-state index >= 15 is 0 Å². The molecule has 7 heteroatoms. The van der Waals surface area contributed by atoms with Gasteiger partial charge in [-0.1, -0.05) is 0 Å². The molecule has 1 aliphatic heterocycles. The molecule has 84 valence electrons. The van der Waals surface area contributed by atoms with Crippen LogP contribution >= 0.6 is 0 Å². The van der Waals surface area contributed by atoms with E-state index in [0.29, 0.717) is 0 Å². The predicted octanol–water partition coefficient (Wildman–Crippen LogP) is 0.527. The highest BCUT2D eigenvalue weighted by Crippen LogP contribution is 2.41. The maximum Gasteiger partial charge on any atom is 0.377 e. The molecule has 1 aromatic carbocycles. The molecule has 2 N–H and O–H groups in total. The molecule has 0 radical (unpaired) electrons. The molecule has 2 rings (SSSR count). The summed E-state index contributed by atoms with van der Waals surface area (Å²) in [4.78, 5) is 21.7. The summed E-state index contributed by atoms with van der Waals surface area (Å²) in [6.45, 7) is -0.266. The number of fused-ring (bicyclic) bond motifs is 1. The summed E-state index contributed by atoms with van der Waals surface area (Å²) in [5.41, 5.74) is -0.833. The van der Waals surface area contributed by atoms with Gasteiger partial charge in [-0.3, -0.25) is 4.79 Å². The summed E-state index contributed by atoms with van der Waals surface area (Å²) in [5.74, 6) is -5.92. The van der Waals surface area contributed by atoms with E-state index in [1.165, 1.54) is 0 Å². The van der Waals surface area contributed by atoms with Crippen molar-refractivity contribution in [3.63, 3.8) is 0 Å². The Balaban J connectivity index is 2.68. The van der Waals surface area contributed by atoms with Gasteiger partial charge in [-0.15, -0.1) is 0 Å². The van der Waals surface area contributed by atoms with Crippen molar-refractivity contribution >= 4 is 11.8 Å². The van der Waals surface area contributed by atoms with Crippen LogP contribution in [0.5, 0.6) is 17.2 Å². The van der Waals surface area contributed by atoms with Gasteiger partial charge in [0, 0.05) is 6.07 Å². The van der Waals surface area contributed by atoms with Crippen LogP contribution in [0.2, 0.25) is 0 Å². The second kappa shape index (κ2) is 3.37. The van der Waals surface area contributed by atoms with Crippen molar-refractivity contribution in [2.24, 2.45) is 0 Å². The molecule has 0 fully saturated rings. The number of benzene rings is 1. The van der Waals surface area contributed by atoms with E-state index in [1.807, 2.05) is 0 Å². The van der Waals surface area contributed by atoms with Crippen molar-refractivity contribution in [3.8, 4) is 17.2 Å². The Morgan fingerprint density at radius 2 is 2.06 bits per heavy atom. The highest BCUT2D eigenvalue weighted by Gasteiger charge is 2.32. The van der Waals surface area contributed by atoms with E-state index in [-0.39, 0.29) is 18.3 Å². The fourth-order valence-corrected chi connectivity index (χ4v) is 1.32. The topological polar surface area (TPSA) is 93.1 Å². The first-order valence-electron chi connectivity index (χ1n) is 4.11. The molecule has 0 amide bonds. The summed E-state index contributed by atoms with van der Waals surface area (Å²) < 4.78 is 23.0. The first-order chi connectivity index (χ1) is 7.52. The van der Waals surface area contributed by atoms with Crippen molar-refractivity contribution in [3.05, 3.63) is 17.4 Å². The monoisotopic (exact) mass is 228 g/mol. The SMILES string of the molecule is O=C(O)C(=O)c1c(F)c(O)cc2c1OCO2. The molecule has 0 bridgehead atoms. The maximum atomic E-state index is 13.4. The summed E-state index contributed by atoms with van der Waals surface area (Å²) >= 11 is 0. The molecule has 16 heavy (non-hydrogen) atoms. The summed E-state index contributed by atoms with van der Waals surface area (Å²) in [5, 5.41) is 17.6. The van der Waals surface area contributed by atoms with E-state index < -0.39 is 28.9 Å². The van der Waals surface area contributed by atoms with E-state index in [1.54, 1.807) is 0 Å². The maximum absolute atomic E-state index is 13.4. The highest BCUT2D eigenvalue weighted by atomic mass is 19.1. The van der Waals surface area contributed by atoms with Gasteiger partial charge in [0.2, 0.25) is 6.79 Å². The number of carbonyl (C=O) groups is 2. The molecule has 0 unspecified atom stereocenters. The number of carboxylic acids is 1. The summed E-state index contributed by atoms with van der Waals surface area (Å²) in [6.07, 6.45) is 0.